The van der Waals surface area contributed by atoms with Crippen LogP contribution in [0.5, 0.6) is 0 Å². The molecule has 0 aliphatic rings. The Morgan fingerprint density at radius 3 is 2.83 bits per heavy atom. The summed E-state index contributed by atoms with van der Waals surface area (Å²) < 4.78 is 13.1. The minimum atomic E-state index is -0.277. The van der Waals surface area contributed by atoms with E-state index in [2.05, 4.69) is 47.6 Å². The lowest BCUT2D eigenvalue weighted by molar-refractivity contribution is 0.627. The Morgan fingerprint density at radius 2 is 2.04 bits per heavy atom. The van der Waals surface area contributed by atoms with Crippen molar-refractivity contribution in [1.82, 2.24) is 4.98 Å². The normalized spacial score (nSPS) is 11.1. The smallest absolute Gasteiger partial charge is 0.203 e. The van der Waals surface area contributed by atoms with Gasteiger partial charge in [0.15, 0.2) is 0 Å². The number of hydrazone groups is 1. The zero-order chi connectivity index (χ0) is 16.2. The predicted molar refractivity (Wildman–Crippen MR) is 94.6 cm³/mol. The standard InChI is InChI=1S/C18H16FN3S/c1-12-6-7-16(13(2)8-12)17-11-23-18(21-17)22-20-10-14-4-3-5-15(19)9-14/h3-11H,1-2H3,(H,21,22)/b20-10-. The van der Waals surface area contributed by atoms with Crippen LogP contribution >= 0.6 is 11.3 Å². The van der Waals surface area contributed by atoms with Crippen LogP contribution in [0.4, 0.5) is 9.52 Å². The summed E-state index contributed by atoms with van der Waals surface area (Å²) in [5, 5.41) is 6.80. The fraction of sp³-hybridized carbons (Fsp3) is 0.111. The highest BCUT2D eigenvalue weighted by Gasteiger charge is 2.06. The van der Waals surface area contributed by atoms with Crippen molar-refractivity contribution in [3.05, 3.63) is 70.4 Å². The van der Waals surface area contributed by atoms with Crippen LogP contribution in [0.1, 0.15) is 16.7 Å². The fourth-order valence-electron chi connectivity index (χ4n) is 2.30. The van der Waals surface area contributed by atoms with Crippen LogP contribution in [0, 0.1) is 19.7 Å². The molecule has 0 unspecified atom stereocenters. The highest BCUT2D eigenvalue weighted by molar-refractivity contribution is 7.14. The van der Waals surface area contributed by atoms with Crippen molar-refractivity contribution < 1.29 is 4.39 Å². The molecular formula is C18H16FN3S. The number of rotatable bonds is 4. The number of hydrogen-bond acceptors (Lipinski definition) is 4. The van der Waals surface area contributed by atoms with Gasteiger partial charge >= 0.3 is 0 Å². The van der Waals surface area contributed by atoms with Gasteiger partial charge in [0.05, 0.1) is 11.9 Å². The average molecular weight is 325 g/mol. The summed E-state index contributed by atoms with van der Waals surface area (Å²) in [5.74, 6) is -0.277. The van der Waals surface area contributed by atoms with Gasteiger partial charge < -0.3 is 0 Å². The van der Waals surface area contributed by atoms with Gasteiger partial charge in [-0.2, -0.15) is 5.10 Å². The van der Waals surface area contributed by atoms with E-state index in [0.29, 0.717) is 10.7 Å². The second-order valence-electron chi connectivity index (χ2n) is 5.28. The molecule has 3 nitrogen and oxygen atoms in total. The van der Waals surface area contributed by atoms with Gasteiger partial charge in [0, 0.05) is 10.9 Å². The van der Waals surface area contributed by atoms with E-state index in [0.717, 1.165) is 11.3 Å². The lowest BCUT2D eigenvalue weighted by atomic mass is 10.0. The second-order valence-corrected chi connectivity index (χ2v) is 6.14. The highest BCUT2D eigenvalue weighted by Crippen LogP contribution is 2.27. The molecule has 0 aliphatic carbocycles. The zero-order valence-electron chi connectivity index (χ0n) is 12.9. The molecule has 3 aromatic rings. The number of benzene rings is 2. The number of halogens is 1. The number of hydrogen-bond donors (Lipinski definition) is 1. The molecule has 0 saturated carbocycles. The van der Waals surface area contributed by atoms with Crippen LogP contribution in [-0.2, 0) is 0 Å². The minimum Gasteiger partial charge on any atom is -0.253 e. The maximum Gasteiger partial charge on any atom is 0.203 e. The molecule has 0 atom stereocenters. The van der Waals surface area contributed by atoms with Gasteiger partial charge in [0.2, 0.25) is 5.13 Å². The van der Waals surface area contributed by atoms with E-state index in [-0.39, 0.29) is 5.82 Å². The molecule has 0 bridgehead atoms. The largest absolute Gasteiger partial charge is 0.253 e. The molecule has 0 radical (unpaired) electrons. The predicted octanol–water partition coefficient (Wildman–Crippen LogP) is 5.01. The Hall–Kier alpha value is -2.53. The average Bonchev–Trinajstić information content (AvgIpc) is 2.96. The van der Waals surface area contributed by atoms with Crippen molar-refractivity contribution in [2.24, 2.45) is 5.10 Å². The van der Waals surface area contributed by atoms with Gasteiger partial charge in [0.1, 0.15) is 5.82 Å². The van der Waals surface area contributed by atoms with Gasteiger partial charge in [-0.3, -0.25) is 5.43 Å². The van der Waals surface area contributed by atoms with Gasteiger partial charge in [-0.25, -0.2) is 9.37 Å². The molecule has 3 rings (SSSR count). The molecule has 0 saturated heterocycles. The maximum absolute atomic E-state index is 13.1. The molecule has 116 valence electrons. The number of thiazole rings is 1. The van der Waals surface area contributed by atoms with Crippen molar-refractivity contribution in [3.63, 3.8) is 0 Å². The summed E-state index contributed by atoms with van der Waals surface area (Å²) in [7, 11) is 0. The lowest BCUT2D eigenvalue weighted by Gasteiger charge is -2.03. The quantitative estimate of drug-likeness (QED) is 0.540. The Morgan fingerprint density at radius 1 is 1.17 bits per heavy atom. The minimum absolute atomic E-state index is 0.277. The summed E-state index contributed by atoms with van der Waals surface area (Å²) in [4.78, 5) is 4.54. The highest BCUT2D eigenvalue weighted by atomic mass is 32.1. The van der Waals surface area contributed by atoms with Gasteiger partial charge in [-0.15, -0.1) is 11.3 Å². The first-order valence-electron chi connectivity index (χ1n) is 7.19. The molecule has 2 aromatic carbocycles. The van der Waals surface area contributed by atoms with Crippen LogP contribution in [0.2, 0.25) is 0 Å². The van der Waals surface area contributed by atoms with Gasteiger partial charge in [-0.1, -0.05) is 35.9 Å². The van der Waals surface area contributed by atoms with Crippen LogP contribution in [0.25, 0.3) is 11.3 Å². The maximum atomic E-state index is 13.1. The summed E-state index contributed by atoms with van der Waals surface area (Å²) in [6, 6.07) is 12.6. The topological polar surface area (TPSA) is 37.3 Å². The summed E-state index contributed by atoms with van der Waals surface area (Å²) in [5.41, 5.74) is 8.07. The van der Waals surface area contributed by atoms with Crippen molar-refractivity contribution in [2.75, 3.05) is 5.43 Å². The lowest BCUT2D eigenvalue weighted by Crippen LogP contribution is -1.91. The van der Waals surface area contributed by atoms with E-state index in [4.69, 9.17) is 0 Å². The molecule has 0 spiro atoms. The monoisotopic (exact) mass is 325 g/mol. The molecule has 0 amide bonds. The number of aromatic nitrogens is 1. The molecule has 5 heteroatoms. The first-order chi connectivity index (χ1) is 11.1. The third kappa shape index (κ3) is 3.81. The Kier molecular flexibility index (Phi) is 4.48. The third-order valence-electron chi connectivity index (χ3n) is 3.38. The summed E-state index contributed by atoms with van der Waals surface area (Å²) in [6.45, 7) is 4.16. The van der Waals surface area contributed by atoms with E-state index in [1.807, 2.05) is 5.38 Å². The van der Waals surface area contributed by atoms with Gasteiger partial charge in [0.25, 0.3) is 0 Å². The van der Waals surface area contributed by atoms with Crippen molar-refractivity contribution in [1.29, 1.82) is 0 Å². The number of anilines is 1. The second kappa shape index (κ2) is 6.71. The van der Waals surface area contributed by atoms with Gasteiger partial charge in [-0.05, 0) is 37.1 Å². The Bertz CT molecular complexity index is 855. The molecule has 1 aromatic heterocycles. The number of nitrogens with zero attached hydrogens (tertiary/aromatic N) is 2. The molecular weight excluding hydrogens is 309 g/mol. The van der Waals surface area contributed by atoms with Crippen LogP contribution in [0.3, 0.4) is 0 Å². The zero-order valence-corrected chi connectivity index (χ0v) is 13.7. The van der Waals surface area contributed by atoms with Crippen LogP contribution in [-0.4, -0.2) is 11.2 Å². The van der Waals surface area contributed by atoms with Crippen molar-refractivity contribution >= 4 is 22.7 Å². The van der Waals surface area contributed by atoms with E-state index in [9.17, 15) is 4.39 Å². The van der Waals surface area contributed by atoms with E-state index in [1.54, 1.807) is 18.3 Å². The van der Waals surface area contributed by atoms with Crippen LogP contribution in [0.15, 0.2) is 52.9 Å². The van der Waals surface area contributed by atoms with E-state index >= 15 is 0 Å². The third-order valence-corrected chi connectivity index (χ3v) is 4.13. The molecule has 23 heavy (non-hydrogen) atoms. The van der Waals surface area contributed by atoms with E-state index < -0.39 is 0 Å². The first kappa shape index (κ1) is 15.4. The molecule has 1 N–H and O–H groups in total. The molecule has 0 aliphatic heterocycles. The number of aryl methyl sites for hydroxylation is 2. The van der Waals surface area contributed by atoms with Crippen molar-refractivity contribution in [2.45, 2.75) is 13.8 Å². The Balaban J connectivity index is 1.72. The number of nitrogens with one attached hydrogen (secondary N) is 1. The van der Waals surface area contributed by atoms with E-state index in [1.165, 1.54) is 34.6 Å². The fourth-order valence-corrected chi connectivity index (χ4v) is 2.96. The first-order valence-corrected chi connectivity index (χ1v) is 8.07. The summed E-state index contributed by atoms with van der Waals surface area (Å²) in [6.07, 6.45) is 1.57. The summed E-state index contributed by atoms with van der Waals surface area (Å²) >= 11 is 1.49. The van der Waals surface area contributed by atoms with Crippen molar-refractivity contribution in [3.8, 4) is 11.3 Å². The van der Waals surface area contributed by atoms with Crippen LogP contribution < -0.4 is 5.43 Å². The SMILES string of the molecule is Cc1ccc(-c2csc(N/N=C\c3cccc(F)c3)n2)c(C)c1. The molecule has 1 heterocycles. The Labute approximate surface area is 138 Å². The molecule has 0 fully saturated rings.